The van der Waals surface area contributed by atoms with Gasteiger partial charge < -0.3 is 20.9 Å². The third-order valence-corrected chi connectivity index (χ3v) is 4.53. The fourth-order valence-electron chi connectivity index (χ4n) is 3.32. The number of amides is 2. The molecule has 2 rings (SSSR count). The molecule has 4 N–H and O–H groups in total. The Kier molecular flexibility index (Phi) is 5.99. The summed E-state index contributed by atoms with van der Waals surface area (Å²) < 4.78 is 5.32. The molecular formula is C15H26N2O4. The van der Waals surface area contributed by atoms with E-state index in [0.29, 0.717) is 12.3 Å². The molecule has 6 nitrogen and oxygen atoms in total. The van der Waals surface area contributed by atoms with Gasteiger partial charge in [-0.25, -0.2) is 0 Å². The Morgan fingerprint density at radius 2 is 1.95 bits per heavy atom. The molecule has 1 saturated heterocycles. The zero-order valence-electron chi connectivity index (χ0n) is 12.4. The highest BCUT2D eigenvalue weighted by molar-refractivity contribution is 5.77. The Morgan fingerprint density at radius 1 is 1.24 bits per heavy atom. The SMILES string of the molecule is NC(=O)C[C@@H]1OC[C@H](O)[C@@H]1NC(=O)CCC1CCCCC1. The van der Waals surface area contributed by atoms with Crippen molar-refractivity contribution in [2.45, 2.75) is 69.6 Å². The topological polar surface area (TPSA) is 102 Å². The number of hydrogen-bond donors (Lipinski definition) is 3. The van der Waals surface area contributed by atoms with Crippen LogP contribution in [0, 0.1) is 5.92 Å². The Labute approximate surface area is 125 Å². The number of rotatable bonds is 6. The van der Waals surface area contributed by atoms with Crippen molar-refractivity contribution in [3.05, 3.63) is 0 Å². The van der Waals surface area contributed by atoms with E-state index in [1.807, 2.05) is 0 Å². The van der Waals surface area contributed by atoms with Crippen LogP contribution in [0.1, 0.15) is 51.4 Å². The molecule has 120 valence electrons. The second-order valence-corrected chi connectivity index (χ2v) is 6.25. The number of aliphatic hydroxyl groups excluding tert-OH is 1. The van der Waals surface area contributed by atoms with Gasteiger partial charge in [0, 0.05) is 6.42 Å². The molecule has 2 aliphatic rings. The summed E-state index contributed by atoms with van der Waals surface area (Å²) in [5, 5.41) is 12.6. The fraction of sp³-hybridized carbons (Fsp3) is 0.867. The number of nitrogens with one attached hydrogen (secondary N) is 1. The van der Waals surface area contributed by atoms with Gasteiger partial charge in [0.25, 0.3) is 0 Å². The number of carbonyl (C=O) groups excluding carboxylic acids is 2. The Hall–Kier alpha value is -1.14. The van der Waals surface area contributed by atoms with E-state index in [4.69, 9.17) is 10.5 Å². The largest absolute Gasteiger partial charge is 0.388 e. The first-order chi connectivity index (χ1) is 10.1. The molecule has 1 aliphatic heterocycles. The summed E-state index contributed by atoms with van der Waals surface area (Å²) in [5.41, 5.74) is 5.15. The van der Waals surface area contributed by atoms with Crippen molar-refractivity contribution in [2.24, 2.45) is 11.7 Å². The number of nitrogens with two attached hydrogens (primary N) is 1. The van der Waals surface area contributed by atoms with Crippen LogP contribution in [0.3, 0.4) is 0 Å². The van der Waals surface area contributed by atoms with E-state index in [1.54, 1.807) is 0 Å². The standard InChI is InChI=1S/C15H26N2O4/c16-13(19)8-12-15(11(18)9-21-12)17-14(20)7-6-10-4-2-1-3-5-10/h10-12,15,18H,1-9H2,(H2,16,19)(H,17,20)/t11-,12-,15-/m0/s1. The van der Waals surface area contributed by atoms with Crippen molar-refractivity contribution >= 4 is 11.8 Å². The predicted octanol–water partition coefficient (Wildman–Crippen LogP) is 0.467. The number of hydrogen-bond acceptors (Lipinski definition) is 4. The minimum atomic E-state index is -0.770. The number of carbonyl (C=O) groups is 2. The Morgan fingerprint density at radius 3 is 2.62 bits per heavy atom. The van der Waals surface area contributed by atoms with Crippen LogP contribution < -0.4 is 11.1 Å². The van der Waals surface area contributed by atoms with Gasteiger partial charge in [0.05, 0.1) is 25.2 Å². The maximum Gasteiger partial charge on any atom is 0.220 e. The van der Waals surface area contributed by atoms with Crippen LogP contribution in [0.15, 0.2) is 0 Å². The van der Waals surface area contributed by atoms with Crippen molar-refractivity contribution in [3.63, 3.8) is 0 Å². The van der Waals surface area contributed by atoms with Gasteiger partial charge in [0.15, 0.2) is 0 Å². The van der Waals surface area contributed by atoms with Crippen molar-refractivity contribution in [1.29, 1.82) is 0 Å². The minimum absolute atomic E-state index is 0.0185. The molecule has 0 bridgehead atoms. The molecule has 2 fully saturated rings. The van der Waals surface area contributed by atoms with E-state index in [2.05, 4.69) is 5.32 Å². The van der Waals surface area contributed by atoms with Crippen LogP contribution in [0.2, 0.25) is 0 Å². The second-order valence-electron chi connectivity index (χ2n) is 6.25. The minimum Gasteiger partial charge on any atom is -0.388 e. The van der Waals surface area contributed by atoms with Crippen LogP contribution in [-0.2, 0) is 14.3 Å². The summed E-state index contributed by atoms with van der Waals surface area (Å²) in [5.74, 6) is 0.0795. The third kappa shape index (κ3) is 4.97. The monoisotopic (exact) mass is 298 g/mol. The molecule has 21 heavy (non-hydrogen) atoms. The molecule has 0 aromatic rings. The molecule has 6 heteroatoms. The van der Waals surface area contributed by atoms with Crippen molar-refractivity contribution < 1.29 is 19.4 Å². The molecule has 2 amide bonds. The Bertz CT molecular complexity index is 369. The van der Waals surface area contributed by atoms with Crippen LogP contribution in [-0.4, -0.2) is 41.8 Å². The van der Waals surface area contributed by atoms with E-state index < -0.39 is 24.2 Å². The maximum absolute atomic E-state index is 12.0. The summed E-state index contributed by atoms with van der Waals surface area (Å²) in [6, 6.07) is -0.531. The first-order valence-corrected chi connectivity index (χ1v) is 7.93. The van der Waals surface area contributed by atoms with E-state index in [0.717, 1.165) is 6.42 Å². The van der Waals surface area contributed by atoms with Crippen LogP contribution in [0.25, 0.3) is 0 Å². The normalized spacial score (nSPS) is 30.2. The lowest BCUT2D eigenvalue weighted by Gasteiger charge is -2.23. The van der Waals surface area contributed by atoms with Crippen molar-refractivity contribution in [1.82, 2.24) is 5.32 Å². The lowest BCUT2D eigenvalue weighted by atomic mass is 9.86. The van der Waals surface area contributed by atoms with Gasteiger partial charge in [-0.1, -0.05) is 32.1 Å². The highest BCUT2D eigenvalue weighted by atomic mass is 16.5. The zero-order chi connectivity index (χ0) is 15.2. The predicted molar refractivity (Wildman–Crippen MR) is 77.3 cm³/mol. The summed E-state index contributed by atoms with van der Waals surface area (Å²) in [6.07, 6.45) is 6.37. The van der Waals surface area contributed by atoms with E-state index in [1.165, 1.54) is 32.1 Å². The van der Waals surface area contributed by atoms with Crippen LogP contribution in [0.5, 0.6) is 0 Å². The van der Waals surface area contributed by atoms with Crippen molar-refractivity contribution in [3.8, 4) is 0 Å². The van der Waals surface area contributed by atoms with E-state index in [-0.39, 0.29) is 18.9 Å². The van der Waals surface area contributed by atoms with Gasteiger partial charge in [0.2, 0.25) is 11.8 Å². The van der Waals surface area contributed by atoms with Gasteiger partial charge >= 0.3 is 0 Å². The first kappa shape index (κ1) is 16.2. The fourth-order valence-corrected chi connectivity index (χ4v) is 3.32. The zero-order valence-corrected chi connectivity index (χ0v) is 12.4. The average molecular weight is 298 g/mol. The summed E-state index contributed by atoms with van der Waals surface area (Å²) in [6.45, 7) is 0.130. The summed E-state index contributed by atoms with van der Waals surface area (Å²) >= 11 is 0. The van der Waals surface area contributed by atoms with Crippen LogP contribution in [0.4, 0.5) is 0 Å². The number of primary amides is 1. The van der Waals surface area contributed by atoms with Gasteiger partial charge in [-0.2, -0.15) is 0 Å². The second kappa shape index (κ2) is 7.75. The van der Waals surface area contributed by atoms with Crippen molar-refractivity contribution in [2.75, 3.05) is 6.61 Å². The maximum atomic E-state index is 12.0. The van der Waals surface area contributed by atoms with Gasteiger partial charge in [-0.3, -0.25) is 9.59 Å². The average Bonchev–Trinajstić information content (AvgIpc) is 2.78. The van der Waals surface area contributed by atoms with Gasteiger partial charge in [0.1, 0.15) is 6.10 Å². The Balaban J connectivity index is 1.75. The molecule has 0 aromatic heterocycles. The smallest absolute Gasteiger partial charge is 0.220 e. The number of ether oxygens (including phenoxy) is 1. The molecule has 1 aliphatic carbocycles. The van der Waals surface area contributed by atoms with Gasteiger partial charge in [-0.05, 0) is 12.3 Å². The molecule has 1 heterocycles. The third-order valence-electron chi connectivity index (χ3n) is 4.53. The molecule has 0 radical (unpaired) electrons. The summed E-state index contributed by atoms with van der Waals surface area (Å²) in [4.78, 5) is 23.0. The lowest BCUT2D eigenvalue weighted by molar-refractivity contribution is -0.125. The molecule has 0 spiro atoms. The number of aliphatic hydroxyl groups is 1. The molecule has 3 atom stereocenters. The highest BCUT2D eigenvalue weighted by Gasteiger charge is 2.37. The van der Waals surface area contributed by atoms with E-state index >= 15 is 0 Å². The van der Waals surface area contributed by atoms with Gasteiger partial charge in [-0.15, -0.1) is 0 Å². The van der Waals surface area contributed by atoms with Crippen LogP contribution >= 0.6 is 0 Å². The first-order valence-electron chi connectivity index (χ1n) is 7.93. The molecule has 0 aromatic carbocycles. The summed E-state index contributed by atoms with van der Waals surface area (Å²) in [7, 11) is 0. The molecule has 0 unspecified atom stereocenters. The van der Waals surface area contributed by atoms with E-state index in [9.17, 15) is 14.7 Å². The quantitative estimate of drug-likeness (QED) is 0.663. The highest BCUT2D eigenvalue weighted by Crippen LogP contribution is 2.27. The lowest BCUT2D eigenvalue weighted by Crippen LogP contribution is -2.47. The molecule has 1 saturated carbocycles. The molecular weight excluding hydrogens is 272 g/mol.